The first-order chi connectivity index (χ1) is 11.5. The lowest BCUT2D eigenvalue weighted by Gasteiger charge is -2.39. The molecule has 2 nitrogen and oxygen atoms in total. The van der Waals surface area contributed by atoms with Gasteiger partial charge in [0, 0.05) is 21.8 Å². The smallest absolute Gasteiger partial charge is 0.133 e. The molecule has 1 N–H and O–H groups in total. The maximum absolute atomic E-state index is 11.7. The molecule has 2 aromatic rings. The maximum atomic E-state index is 11.7. The predicted octanol–water partition coefficient (Wildman–Crippen LogP) is 5.62. The van der Waals surface area contributed by atoms with E-state index in [0.29, 0.717) is 18.0 Å². The average Bonchev–Trinajstić information content (AvgIpc) is 3.20. The van der Waals surface area contributed by atoms with E-state index in [0.717, 1.165) is 24.8 Å². The molecule has 3 atom stereocenters. The molecule has 2 saturated heterocycles. The third kappa shape index (κ3) is 3.06. The van der Waals surface area contributed by atoms with Gasteiger partial charge < -0.3 is 10.0 Å². The van der Waals surface area contributed by atoms with Crippen molar-refractivity contribution in [3.05, 3.63) is 42.7 Å². The predicted molar refractivity (Wildman–Crippen MR) is 104 cm³/mol. The molecule has 0 radical (unpaired) electrons. The van der Waals surface area contributed by atoms with Gasteiger partial charge in [-0.15, -0.1) is 22.7 Å². The van der Waals surface area contributed by atoms with Crippen molar-refractivity contribution in [3.63, 3.8) is 0 Å². The Kier molecular flexibility index (Phi) is 4.74. The molecule has 2 aliphatic rings. The van der Waals surface area contributed by atoms with E-state index in [1.807, 2.05) is 24.3 Å². The SMILES string of the molecule is CN1[C@@H]2CC[C@H]1CC(CC(O)(c1ccc(Cl)s1)c1ccc(Cl)s1)C2. The molecule has 4 rings (SSSR count). The lowest BCUT2D eigenvalue weighted by atomic mass is 9.80. The van der Waals surface area contributed by atoms with Crippen molar-refractivity contribution in [2.45, 2.75) is 49.8 Å². The van der Waals surface area contributed by atoms with Crippen molar-refractivity contribution in [2.24, 2.45) is 5.92 Å². The van der Waals surface area contributed by atoms with Crippen LogP contribution in [0, 0.1) is 5.92 Å². The highest BCUT2D eigenvalue weighted by atomic mass is 35.5. The maximum Gasteiger partial charge on any atom is 0.133 e. The average molecular weight is 402 g/mol. The third-order valence-electron chi connectivity index (χ3n) is 5.74. The van der Waals surface area contributed by atoms with Gasteiger partial charge in [-0.1, -0.05) is 23.2 Å². The summed E-state index contributed by atoms with van der Waals surface area (Å²) in [6.07, 6.45) is 5.69. The molecule has 0 aromatic carbocycles. The number of piperidine rings is 1. The topological polar surface area (TPSA) is 23.5 Å². The Bertz CT molecular complexity index is 674. The highest BCUT2D eigenvalue weighted by Gasteiger charge is 2.43. The standard InChI is InChI=1S/C18H21Cl2NOS2/c1-21-12-2-3-13(21)9-11(8-12)10-18(22,14-4-6-16(19)23-14)15-5-7-17(20)24-15/h4-7,11-13,22H,2-3,8-10H2,1H3/t11?,12-,13+. The van der Waals surface area contributed by atoms with Crippen LogP contribution in [-0.4, -0.2) is 29.1 Å². The summed E-state index contributed by atoms with van der Waals surface area (Å²) in [5, 5.41) is 11.7. The summed E-state index contributed by atoms with van der Waals surface area (Å²) in [5.41, 5.74) is -0.977. The molecule has 0 spiro atoms. The number of rotatable bonds is 4. The zero-order valence-electron chi connectivity index (χ0n) is 13.5. The largest absolute Gasteiger partial charge is 0.379 e. The molecule has 2 aliphatic heterocycles. The number of halogens is 2. The molecular weight excluding hydrogens is 381 g/mol. The molecule has 2 bridgehead atoms. The Morgan fingerprint density at radius 3 is 1.96 bits per heavy atom. The van der Waals surface area contributed by atoms with Gasteiger partial charge in [0.1, 0.15) is 5.60 Å². The summed E-state index contributed by atoms with van der Waals surface area (Å²) in [4.78, 5) is 4.40. The zero-order chi connectivity index (χ0) is 16.9. The van der Waals surface area contributed by atoms with Crippen LogP contribution >= 0.6 is 45.9 Å². The Balaban J connectivity index is 1.64. The minimum atomic E-state index is -0.977. The van der Waals surface area contributed by atoms with Crippen LogP contribution in [0.4, 0.5) is 0 Å². The Hall–Kier alpha value is -0.100. The van der Waals surface area contributed by atoms with Crippen LogP contribution in [0.3, 0.4) is 0 Å². The van der Waals surface area contributed by atoms with E-state index in [2.05, 4.69) is 11.9 Å². The third-order valence-corrected chi connectivity index (χ3v) is 8.51. The molecule has 2 aromatic heterocycles. The van der Waals surface area contributed by atoms with Gasteiger partial charge in [-0.2, -0.15) is 0 Å². The van der Waals surface area contributed by atoms with Crippen LogP contribution in [0.2, 0.25) is 8.67 Å². The van der Waals surface area contributed by atoms with Gasteiger partial charge >= 0.3 is 0 Å². The minimum Gasteiger partial charge on any atom is -0.379 e. The summed E-state index contributed by atoms with van der Waals surface area (Å²) < 4.78 is 1.43. The van der Waals surface area contributed by atoms with E-state index in [1.54, 1.807) is 0 Å². The fourth-order valence-corrected chi connectivity index (χ4v) is 6.88. The summed E-state index contributed by atoms with van der Waals surface area (Å²) in [6.45, 7) is 0. The number of hydrogen-bond donors (Lipinski definition) is 1. The van der Waals surface area contributed by atoms with Crippen LogP contribution < -0.4 is 0 Å². The monoisotopic (exact) mass is 401 g/mol. The van der Waals surface area contributed by atoms with E-state index >= 15 is 0 Å². The van der Waals surface area contributed by atoms with Gasteiger partial charge in [0.05, 0.1) is 8.67 Å². The molecule has 0 amide bonds. The first-order valence-electron chi connectivity index (χ1n) is 8.41. The van der Waals surface area contributed by atoms with Crippen molar-refractivity contribution in [1.29, 1.82) is 0 Å². The molecule has 4 heterocycles. The minimum absolute atomic E-state index is 0.533. The van der Waals surface area contributed by atoms with Crippen molar-refractivity contribution < 1.29 is 5.11 Å². The Labute approximate surface area is 161 Å². The first kappa shape index (κ1) is 17.3. The summed E-state index contributed by atoms with van der Waals surface area (Å²) in [6, 6.07) is 9.03. The van der Waals surface area contributed by atoms with Crippen LogP contribution in [0.1, 0.15) is 41.9 Å². The molecule has 0 aliphatic carbocycles. The lowest BCUT2D eigenvalue weighted by molar-refractivity contribution is 0.0321. The number of thiophene rings is 2. The Morgan fingerprint density at radius 2 is 1.54 bits per heavy atom. The summed E-state index contributed by atoms with van der Waals surface area (Å²) in [5.74, 6) is 0.533. The van der Waals surface area contributed by atoms with E-state index in [-0.39, 0.29) is 0 Å². The van der Waals surface area contributed by atoms with Gasteiger partial charge in [0.2, 0.25) is 0 Å². The van der Waals surface area contributed by atoms with Crippen LogP contribution in [-0.2, 0) is 5.60 Å². The van der Waals surface area contributed by atoms with E-state index < -0.39 is 5.60 Å². The normalized spacial score (nSPS) is 27.8. The number of fused-ring (bicyclic) bond motifs is 2. The van der Waals surface area contributed by atoms with E-state index in [9.17, 15) is 5.11 Å². The van der Waals surface area contributed by atoms with E-state index in [4.69, 9.17) is 23.2 Å². The quantitative estimate of drug-likeness (QED) is 0.718. The molecule has 2 fully saturated rings. The van der Waals surface area contributed by atoms with Gasteiger partial charge in [-0.25, -0.2) is 0 Å². The van der Waals surface area contributed by atoms with Gasteiger partial charge in [0.15, 0.2) is 0 Å². The van der Waals surface area contributed by atoms with Gasteiger partial charge in [-0.3, -0.25) is 0 Å². The fraction of sp³-hybridized carbons (Fsp3) is 0.556. The molecule has 0 saturated carbocycles. The number of hydrogen-bond acceptors (Lipinski definition) is 4. The molecule has 130 valence electrons. The van der Waals surface area contributed by atoms with Gasteiger partial charge in [0.25, 0.3) is 0 Å². The van der Waals surface area contributed by atoms with Crippen molar-refractivity contribution >= 4 is 45.9 Å². The van der Waals surface area contributed by atoms with Crippen LogP contribution in [0.15, 0.2) is 24.3 Å². The molecule has 24 heavy (non-hydrogen) atoms. The van der Waals surface area contributed by atoms with E-state index in [1.165, 1.54) is 48.4 Å². The second kappa shape index (κ2) is 6.57. The molecule has 6 heteroatoms. The van der Waals surface area contributed by atoms with Crippen LogP contribution in [0.25, 0.3) is 0 Å². The van der Waals surface area contributed by atoms with Crippen molar-refractivity contribution in [2.75, 3.05) is 7.05 Å². The summed E-state index contributed by atoms with van der Waals surface area (Å²) >= 11 is 15.3. The number of nitrogens with zero attached hydrogens (tertiary/aromatic N) is 1. The second-order valence-electron chi connectivity index (χ2n) is 7.16. The van der Waals surface area contributed by atoms with Crippen molar-refractivity contribution in [1.82, 2.24) is 4.90 Å². The summed E-state index contributed by atoms with van der Waals surface area (Å²) in [7, 11) is 2.25. The first-order valence-corrected chi connectivity index (χ1v) is 10.8. The second-order valence-corrected chi connectivity index (χ2v) is 10.6. The Morgan fingerprint density at radius 1 is 1.04 bits per heavy atom. The molecular formula is C18H21Cl2NOS2. The lowest BCUT2D eigenvalue weighted by Crippen LogP contribution is -2.42. The van der Waals surface area contributed by atoms with Crippen molar-refractivity contribution in [3.8, 4) is 0 Å². The number of aliphatic hydroxyl groups is 1. The highest BCUT2D eigenvalue weighted by molar-refractivity contribution is 7.17. The van der Waals surface area contributed by atoms with Gasteiger partial charge in [-0.05, 0) is 69.3 Å². The fourth-order valence-electron chi connectivity index (χ4n) is 4.50. The highest BCUT2D eigenvalue weighted by Crippen LogP contribution is 2.48. The van der Waals surface area contributed by atoms with Crippen LogP contribution in [0.5, 0.6) is 0 Å². The molecule has 1 unspecified atom stereocenters. The zero-order valence-corrected chi connectivity index (χ0v) is 16.7.